The van der Waals surface area contributed by atoms with Crippen LogP contribution in [0.4, 0.5) is 0 Å². The van der Waals surface area contributed by atoms with Crippen LogP contribution in [0.2, 0.25) is 0 Å². The number of ketones is 2. The third-order valence-electron chi connectivity index (χ3n) is 2.29. The van der Waals surface area contributed by atoms with Crippen LogP contribution in [-0.4, -0.2) is 76.2 Å². The molecule has 0 unspecified atom stereocenters. The summed E-state index contributed by atoms with van der Waals surface area (Å²) in [6, 6.07) is -1.61. The van der Waals surface area contributed by atoms with E-state index < -0.39 is 35.9 Å². The van der Waals surface area contributed by atoms with Crippen LogP contribution in [0, 0.1) is 0 Å². The van der Waals surface area contributed by atoms with E-state index in [1.165, 1.54) is 0 Å². The van der Waals surface area contributed by atoms with E-state index >= 15 is 0 Å². The van der Waals surface area contributed by atoms with Crippen LogP contribution in [0.3, 0.4) is 0 Å². The van der Waals surface area contributed by atoms with Gasteiger partial charge in [-0.3, -0.25) is 9.59 Å². The number of aliphatic hydroxyl groups excluding tert-OH is 4. The molecule has 0 heterocycles. The van der Waals surface area contributed by atoms with Crippen LogP contribution < -0.4 is 5.73 Å². The van der Waals surface area contributed by atoms with Crippen molar-refractivity contribution < 1.29 is 34.8 Å². The molecule has 0 aromatic heterocycles. The van der Waals surface area contributed by atoms with E-state index in [9.17, 15) is 24.9 Å². The summed E-state index contributed by atoms with van der Waals surface area (Å²) in [5, 5.41) is 36.9. The van der Waals surface area contributed by atoms with Crippen LogP contribution in [0.1, 0.15) is 6.92 Å². The third kappa shape index (κ3) is 5.17. The zero-order valence-corrected chi connectivity index (χ0v) is 10.0. The van der Waals surface area contributed by atoms with Crippen molar-refractivity contribution in [1.29, 1.82) is 0 Å². The number of carbonyl (C=O) groups is 2. The van der Waals surface area contributed by atoms with Gasteiger partial charge in [-0.05, 0) is 0 Å². The normalized spacial score (nSPS) is 17.9. The van der Waals surface area contributed by atoms with Crippen molar-refractivity contribution in [3.8, 4) is 0 Å². The maximum atomic E-state index is 11.2. The quantitative estimate of drug-likeness (QED) is 0.213. The molecule has 0 spiro atoms. The number of nitrogens with two attached hydrogens (primary N) is 1. The number of hydrogen-bond acceptors (Lipinski definition) is 8. The summed E-state index contributed by atoms with van der Waals surface area (Å²) in [5.74, 6) is -1.88. The first-order chi connectivity index (χ1) is 8.32. The lowest BCUT2D eigenvalue weighted by atomic mass is 9.97. The van der Waals surface area contributed by atoms with Crippen LogP contribution in [-0.2, 0) is 14.3 Å². The fraction of sp³-hybridized carbons (Fsp3) is 0.800. The number of aliphatic hydroxyl groups is 4. The minimum atomic E-state index is -1.78. The maximum absolute atomic E-state index is 11.2. The zero-order chi connectivity index (χ0) is 14.3. The average molecular weight is 265 g/mol. The highest BCUT2D eigenvalue weighted by atomic mass is 16.5. The van der Waals surface area contributed by atoms with Crippen LogP contribution in [0.5, 0.6) is 0 Å². The molecule has 0 rings (SSSR count). The Kier molecular flexibility index (Phi) is 7.83. The first kappa shape index (κ1) is 17.1. The van der Waals surface area contributed by atoms with E-state index in [-0.39, 0.29) is 19.8 Å². The van der Waals surface area contributed by atoms with Gasteiger partial charge in [-0.15, -0.1) is 0 Å². The highest BCUT2D eigenvalue weighted by Gasteiger charge is 2.34. The van der Waals surface area contributed by atoms with Crippen molar-refractivity contribution in [2.24, 2.45) is 5.73 Å². The van der Waals surface area contributed by atoms with Gasteiger partial charge in [0.15, 0.2) is 5.78 Å². The Labute approximate surface area is 104 Å². The number of Topliss-reactive ketones (excluding diaryl/α,β-unsaturated/α-hetero) is 2. The van der Waals surface area contributed by atoms with Gasteiger partial charge in [0.25, 0.3) is 0 Å². The molecule has 0 saturated heterocycles. The second-order valence-corrected chi connectivity index (χ2v) is 3.79. The Hall–Kier alpha value is -0.900. The minimum absolute atomic E-state index is 0.0433. The fourth-order valence-electron chi connectivity index (χ4n) is 1.20. The molecule has 0 aliphatic rings. The van der Waals surface area contributed by atoms with Gasteiger partial charge in [0.05, 0.1) is 19.8 Å². The summed E-state index contributed by atoms with van der Waals surface area (Å²) in [6.07, 6.45) is -5.01. The molecule has 106 valence electrons. The molecule has 8 nitrogen and oxygen atoms in total. The molecule has 6 N–H and O–H groups in total. The van der Waals surface area contributed by atoms with Gasteiger partial charge in [0.2, 0.25) is 5.78 Å². The van der Waals surface area contributed by atoms with E-state index in [0.717, 1.165) is 6.92 Å². The van der Waals surface area contributed by atoms with Crippen molar-refractivity contribution in [3.05, 3.63) is 0 Å². The number of ether oxygens (including phenoxy) is 1. The Balaban J connectivity index is 4.34. The predicted octanol–water partition coefficient (Wildman–Crippen LogP) is -3.44. The summed E-state index contributed by atoms with van der Waals surface area (Å²) < 4.78 is 4.74. The molecule has 0 saturated carbocycles. The molecule has 0 fully saturated rings. The Morgan fingerprint density at radius 3 is 2.22 bits per heavy atom. The Morgan fingerprint density at radius 1 is 1.22 bits per heavy atom. The molecule has 0 aliphatic heterocycles. The minimum Gasteiger partial charge on any atom is -0.394 e. The van der Waals surface area contributed by atoms with Gasteiger partial charge in [0, 0.05) is 6.92 Å². The molecule has 0 aromatic rings. The number of carbonyl (C=O) groups excluding carboxylic acids is 2. The van der Waals surface area contributed by atoms with Crippen molar-refractivity contribution in [1.82, 2.24) is 0 Å². The SMILES string of the molecule is CC(=O)C(=O)[C@H](N)[C@@H](O)[C@H](O)[C@H](O)COCCO. The zero-order valence-electron chi connectivity index (χ0n) is 10.0. The lowest BCUT2D eigenvalue weighted by molar-refractivity contribution is -0.141. The summed E-state index contributed by atoms with van der Waals surface area (Å²) >= 11 is 0. The second kappa shape index (κ2) is 8.25. The number of hydrogen-bond donors (Lipinski definition) is 5. The van der Waals surface area contributed by atoms with E-state index in [0.29, 0.717) is 0 Å². The first-order valence-corrected chi connectivity index (χ1v) is 5.36. The van der Waals surface area contributed by atoms with Crippen molar-refractivity contribution in [2.45, 2.75) is 31.3 Å². The predicted molar refractivity (Wildman–Crippen MR) is 59.6 cm³/mol. The summed E-state index contributed by atoms with van der Waals surface area (Å²) in [5.41, 5.74) is 5.28. The molecule has 8 heteroatoms. The van der Waals surface area contributed by atoms with Crippen molar-refractivity contribution >= 4 is 11.6 Å². The maximum Gasteiger partial charge on any atom is 0.217 e. The first-order valence-electron chi connectivity index (χ1n) is 5.36. The van der Waals surface area contributed by atoms with E-state index in [4.69, 9.17) is 15.6 Å². The van der Waals surface area contributed by atoms with Crippen LogP contribution in [0.25, 0.3) is 0 Å². The van der Waals surface area contributed by atoms with Gasteiger partial charge in [-0.1, -0.05) is 0 Å². The molecule has 0 bridgehead atoms. The lowest BCUT2D eigenvalue weighted by Gasteiger charge is -2.25. The number of rotatable bonds is 9. The molecule has 0 aromatic carbocycles. The monoisotopic (exact) mass is 265 g/mol. The van der Waals surface area contributed by atoms with E-state index in [1.54, 1.807) is 0 Å². The van der Waals surface area contributed by atoms with Gasteiger partial charge in [0.1, 0.15) is 24.4 Å². The highest BCUT2D eigenvalue weighted by molar-refractivity contribution is 6.38. The van der Waals surface area contributed by atoms with Gasteiger partial charge < -0.3 is 30.9 Å². The smallest absolute Gasteiger partial charge is 0.217 e. The van der Waals surface area contributed by atoms with Crippen molar-refractivity contribution in [2.75, 3.05) is 19.8 Å². The summed E-state index contributed by atoms with van der Waals surface area (Å²) in [4.78, 5) is 21.9. The average Bonchev–Trinajstić information content (AvgIpc) is 2.35. The molecule has 4 atom stereocenters. The van der Waals surface area contributed by atoms with Gasteiger partial charge >= 0.3 is 0 Å². The summed E-state index contributed by atoms with van der Waals surface area (Å²) in [6.45, 7) is 0.341. The van der Waals surface area contributed by atoms with Gasteiger partial charge in [-0.25, -0.2) is 0 Å². The standard InChI is InChI=1S/C10H19NO7/c1-5(13)8(15)7(11)10(17)9(16)6(14)4-18-3-2-12/h6-7,9-10,12,14,16-17H,2-4,11H2,1H3/t6-,7+,9-,10-/m1/s1. The van der Waals surface area contributed by atoms with E-state index in [1.807, 2.05) is 0 Å². The molecular formula is C10H19NO7. The largest absolute Gasteiger partial charge is 0.394 e. The molecule has 0 radical (unpaired) electrons. The fourth-order valence-corrected chi connectivity index (χ4v) is 1.20. The Morgan fingerprint density at radius 2 is 1.78 bits per heavy atom. The second-order valence-electron chi connectivity index (χ2n) is 3.79. The lowest BCUT2D eigenvalue weighted by Crippen LogP contribution is -2.54. The topological polar surface area (TPSA) is 150 Å². The van der Waals surface area contributed by atoms with Crippen LogP contribution >= 0.6 is 0 Å². The van der Waals surface area contributed by atoms with Crippen LogP contribution in [0.15, 0.2) is 0 Å². The molecule has 0 aliphatic carbocycles. The molecular weight excluding hydrogens is 246 g/mol. The van der Waals surface area contributed by atoms with Gasteiger partial charge in [-0.2, -0.15) is 0 Å². The summed E-state index contributed by atoms with van der Waals surface area (Å²) in [7, 11) is 0. The molecule has 18 heavy (non-hydrogen) atoms. The van der Waals surface area contributed by atoms with Crippen molar-refractivity contribution in [3.63, 3.8) is 0 Å². The molecule has 0 amide bonds. The Bertz CT molecular complexity index is 283. The third-order valence-corrected chi connectivity index (χ3v) is 2.29. The highest BCUT2D eigenvalue weighted by Crippen LogP contribution is 2.05. The van der Waals surface area contributed by atoms with E-state index in [2.05, 4.69) is 0 Å².